The fraction of sp³-hybridized carbons (Fsp3) is 0.947. The van der Waals surface area contributed by atoms with E-state index in [2.05, 4.69) is 19.2 Å². The molecule has 0 amide bonds. The summed E-state index contributed by atoms with van der Waals surface area (Å²) >= 11 is 0. The highest BCUT2D eigenvalue weighted by Crippen LogP contribution is 2.11. The van der Waals surface area contributed by atoms with E-state index in [1.54, 1.807) is 0 Å². The molecule has 0 saturated carbocycles. The smallest absolute Gasteiger partial charge is 0.142 e. The summed E-state index contributed by atoms with van der Waals surface area (Å²) in [5.74, 6) is -0.978. The normalized spacial score (nSPS) is 13.2. The summed E-state index contributed by atoms with van der Waals surface area (Å²) in [6.45, 7) is 5.40. The Kier molecular flexibility index (Phi) is 13.4. The molecule has 0 heterocycles. The number of quaternary nitrogens is 1. The molecule has 138 valence electrons. The van der Waals surface area contributed by atoms with E-state index in [1.165, 1.54) is 64.2 Å². The van der Waals surface area contributed by atoms with Gasteiger partial charge >= 0.3 is 0 Å². The molecule has 0 bridgehead atoms. The molecule has 0 saturated heterocycles. The van der Waals surface area contributed by atoms with Crippen LogP contribution < -0.4 is 10.4 Å². The number of rotatable bonds is 16. The highest BCUT2D eigenvalue weighted by Gasteiger charge is 2.25. The average molecular weight is 329 g/mol. The van der Waals surface area contributed by atoms with Crippen molar-refractivity contribution in [3.8, 4) is 0 Å². The quantitative estimate of drug-likeness (QED) is 0.269. The molecule has 4 heteroatoms. The summed E-state index contributed by atoms with van der Waals surface area (Å²) in [5.41, 5.74) is 0. The second kappa shape index (κ2) is 13.8. The second-order valence-electron chi connectivity index (χ2n) is 7.37. The van der Waals surface area contributed by atoms with Crippen LogP contribution in [0.5, 0.6) is 0 Å². The van der Waals surface area contributed by atoms with Crippen LogP contribution in [-0.2, 0) is 4.79 Å². The number of nitrogens with one attached hydrogen (secondary N) is 1. The van der Waals surface area contributed by atoms with E-state index < -0.39 is 5.97 Å². The van der Waals surface area contributed by atoms with E-state index >= 15 is 0 Å². The lowest BCUT2D eigenvalue weighted by Gasteiger charge is -2.38. The molecule has 1 unspecified atom stereocenters. The van der Waals surface area contributed by atoms with E-state index in [1.807, 2.05) is 14.1 Å². The Morgan fingerprint density at radius 3 is 1.83 bits per heavy atom. The summed E-state index contributed by atoms with van der Waals surface area (Å²) in [5, 5.41) is 14.4. The van der Waals surface area contributed by atoms with Gasteiger partial charge in [-0.05, 0) is 6.42 Å². The lowest BCUT2D eigenvalue weighted by molar-refractivity contribution is -0.913. The molecule has 4 nitrogen and oxygen atoms in total. The van der Waals surface area contributed by atoms with Gasteiger partial charge in [0.05, 0.1) is 20.1 Å². The van der Waals surface area contributed by atoms with E-state index in [0.717, 1.165) is 13.0 Å². The Morgan fingerprint density at radius 1 is 0.913 bits per heavy atom. The molecule has 0 aliphatic heterocycles. The van der Waals surface area contributed by atoms with Crippen molar-refractivity contribution in [1.29, 1.82) is 0 Å². The van der Waals surface area contributed by atoms with Crippen molar-refractivity contribution >= 4 is 5.97 Å². The monoisotopic (exact) mass is 328 g/mol. The number of aliphatic carboxylic acids is 1. The first kappa shape index (κ1) is 22.4. The van der Waals surface area contributed by atoms with Gasteiger partial charge in [0, 0.05) is 13.0 Å². The largest absolute Gasteiger partial charge is 0.544 e. The molecule has 1 atom stereocenters. The van der Waals surface area contributed by atoms with Crippen molar-refractivity contribution in [1.82, 2.24) is 5.32 Å². The predicted octanol–water partition coefficient (Wildman–Crippen LogP) is 3.06. The summed E-state index contributed by atoms with van der Waals surface area (Å²) in [6.07, 6.45) is 14.5. The SMILES string of the molecule is CCCCCCCCCCCCNC(CC)[N+](C)(C)CC(=O)[O-]. The minimum Gasteiger partial charge on any atom is -0.544 e. The number of carboxylic acid groups (broad SMARTS) is 1. The number of carboxylic acids is 1. The fourth-order valence-electron chi connectivity index (χ4n) is 3.21. The molecular weight excluding hydrogens is 288 g/mol. The van der Waals surface area contributed by atoms with Crippen LogP contribution in [0.2, 0.25) is 0 Å². The van der Waals surface area contributed by atoms with Crippen LogP contribution in [0.25, 0.3) is 0 Å². The standard InChI is InChI=1S/C19H40N2O2/c1-5-7-8-9-10-11-12-13-14-15-16-20-18(6-2)21(3,4)17-19(22)23/h18,20H,5-17H2,1-4H3. The molecule has 0 aliphatic rings. The van der Waals surface area contributed by atoms with Crippen molar-refractivity contribution in [2.24, 2.45) is 0 Å². The molecule has 0 aliphatic carbocycles. The zero-order valence-electron chi connectivity index (χ0n) is 16.0. The van der Waals surface area contributed by atoms with Crippen LogP contribution in [0.1, 0.15) is 84.5 Å². The zero-order chi connectivity index (χ0) is 17.6. The van der Waals surface area contributed by atoms with Gasteiger partial charge in [0.25, 0.3) is 0 Å². The lowest BCUT2D eigenvalue weighted by Crippen LogP contribution is -2.59. The summed E-state index contributed by atoms with van der Waals surface area (Å²) in [7, 11) is 3.91. The number of carbonyl (C=O) groups excluding carboxylic acids is 1. The van der Waals surface area contributed by atoms with Crippen LogP contribution in [0.15, 0.2) is 0 Å². The van der Waals surface area contributed by atoms with Gasteiger partial charge in [-0.1, -0.05) is 71.6 Å². The second-order valence-corrected chi connectivity index (χ2v) is 7.37. The van der Waals surface area contributed by atoms with Crippen molar-refractivity contribution in [2.75, 3.05) is 27.2 Å². The summed E-state index contributed by atoms with van der Waals surface area (Å²) in [4.78, 5) is 10.8. The molecule has 0 aromatic heterocycles. The van der Waals surface area contributed by atoms with Crippen LogP contribution in [0.3, 0.4) is 0 Å². The number of carbonyl (C=O) groups is 1. The Balaban J connectivity index is 3.60. The van der Waals surface area contributed by atoms with Crippen molar-refractivity contribution < 1.29 is 14.4 Å². The molecule has 0 radical (unpaired) electrons. The van der Waals surface area contributed by atoms with Gasteiger partial charge in [-0.15, -0.1) is 0 Å². The van der Waals surface area contributed by atoms with Gasteiger partial charge < -0.3 is 14.4 Å². The first-order chi connectivity index (χ1) is 10.9. The van der Waals surface area contributed by atoms with Crippen LogP contribution in [0.4, 0.5) is 0 Å². The summed E-state index contributed by atoms with van der Waals surface area (Å²) < 4.78 is 0.441. The van der Waals surface area contributed by atoms with Gasteiger partial charge in [0.2, 0.25) is 0 Å². The number of hydrogen-bond donors (Lipinski definition) is 1. The Labute approximate surface area is 144 Å². The first-order valence-electron chi connectivity index (χ1n) is 9.70. The van der Waals surface area contributed by atoms with Gasteiger partial charge in [-0.3, -0.25) is 5.32 Å². The highest BCUT2D eigenvalue weighted by atomic mass is 16.4. The highest BCUT2D eigenvalue weighted by molar-refractivity contribution is 5.65. The molecule has 1 N–H and O–H groups in total. The Bertz CT molecular complexity index is 293. The van der Waals surface area contributed by atoms with E-state index in [0.29, 0.717) is 4.48 Å². The number of likely N-dealkylation sites (N-methyl/N-ethyl adjacent to an activating group) is 1. The number of nitrogens with zero attached hydrogens (tertiary/aromatic N) is 1. The van der Waals surface area contributed by atoms with Crippen molar-refractivity contribution in [3.63, 3.8) is 0 Å². The fourth-order valence-corrected chi connectivity index (χ4v) is 3.21. The van der Waals surface area contributed by atoms with E-state index in [4.69, 9.17) is 0 Å². The topological polar surface area (TPSA) is 52.2 Å². The molecule has 0 fully saturated rings. The lowest BCUT2D eigenvalue weighted by atomic mass is 10.1. The molecule has 0 aromatic carbocycles. The maximum atomic E-state index is 10.8. The maximum absolute atomic E-state index is 10.8. The Morgan fingerprint density at radius 2 is 1.39 bits per heavy atom. The number of hydrogen-bond acceptors (Lipinski definition) is 3. The summed E-state index contributed by atoms with van der Waals surface area (Å²) in [6, 6.07) is 0. The van der Waals surface area contributed by atoms with Crippen LogP contribution in [0, 0.1) is 0 Å². The van der Waals surface area contributed by atoms with Crippen molar-refractivity contribution in [3.05, 3.63) is 0 Å². The maximum Gasteiger partial charge on any atom is 0.142 e. The third-order valence-electron chi connectivity index (χ3n) is 4.68. The third-order valence-corrected chi connectivity index (χ3v) is 4.68. The molecular formula is C19H40N2O2. The van der Waals surface area contributed by atoms with Crippen LogP contribution in [-0.4, -0.2) is 43.8 Å². The molecule has 0 spiro atoms. The minimum absolute atomic E-state index is 0.0591. The molecule has 0 rings (SSSR count). The minimum atomic E-state index is -0.978. The van der Waals surface area contributed by atoms with Gasteiger partial charge in [-0.2, -0.15) is 0 Å². The average Bonchev–Trinajstić information content (AvgIpc) is 2.47. The van der Waals surface area contributed by atoms with E-state index in [9.17, 15) is 9.90 Å². The van der Waals surface area contributed by atoms with Gasteiger partial charge in [-0.25, -0.2) is 0 Å². The zero-order valence-corrected chi connectivity index (χ0v) is 16.0. The predicted molar refractivity (Wildman–Crippen MR) is 95.9 cm³/mol. The van der Waals surface area contributed by atoms with Crippen LogP contribution >= 0.6 is 0 Å². The van der Waals surface area contributed by atoms with Gasteiger partial charge in [0.15, 0.2) is 0 Å². The molecule has 23 heavy (non-hydrogen) atoms. The molecule has 0 aromatic rings. The Hall–Kier alpha value is -0.610. The van der Waals surface area contributed by atoms with E-state index in [-0.39, 0.29) is 12.7 Å². The van der Waals surface area contributed by atoms with Crippen molar-refractivity contribution in [2.45, 2.75) is 90.6 Å². The van der Waals surface area contributed by atoms with Gasteiger partial charge in [0.1, 0.15) is 12.7 Å². The number of unbranched alkanes of at least 4 members (excludes halogenated alkanes) is 9. The third kappa shape index (κ3) is 12.5. The first-order valence-corrected chi connectivity index (χ1v) is 9.70.